The maximum absolute atomic E-state index is 12.3. The third kappa shape index (κ3) is 6.27. The monoisotopic (exact) mass is 572 g/mol. The van der Waals surface area contributed by atoms with Gasteiger partial charge in [0.25, 0.3) is 0 Å². The van der Waals surface area contributed by atoms with Crippen molar-refractivity contribution in [2.24, 2.45) is 0 Å². The molecule has 3 aromatic rings. The minimum absolute atomic E-state index is 0.293. The summed E-state index contributed by atoms with van der Waals surface area (Å²) in [7, 11) is 0. The molecule has 0 aliphatic carbocycles. The van der Waals surface area contributed by atoms with Gasteiger partial charge in [-0.2, -0.15) is 9.97 Å². The molecule has 12 heteroatoms. The Morgan fingerprint density at radius 2 is 1.72 bits per heavy atom. The van der Waals surface area contributed by atoms with E-state index in [0.717, 1.165) is 17.2 Å². The summed E-state index contributed by atoms with van der Waals surface area (Å²) in [5.41, 5.74) is 0.517. The minimum atomic E-state index is -0.928. The number of aliphatic hydroxyl groups is 2. The van der Waals surface area contributed by atoms with E-state index in [4.69, 9.17) is 26.3 Å². The van der Waals surface area contributed by atoms with Crippen molar-refractivity contribution >= 4 is 51.6 Å². The molecule has 2 saturated heterocycles. The Morgan fingerprint density at radius 1 is 1.10 bits per heavy atom. The summed E-state index contributed by atoms with van der Waals surface area (Å²) in [6.45, 7) is 6.43. The molecule has 10 nitrogen and oxygen atoms in total. The maximum atomic E-state index is 12.3. The number of hydrogen-bond acceptors (Lipinski definition) is 11. The number of nitrogens with one attached hydrogen (secondary N) is 1. The zero-order valence-corrected chi connectivity index (χ0v) is 23.6. The lowest BCUT2D eigenvalue weighted by Crippen LogP contribution is -2.43. The van der Waals surface area contributed by atoms with Gasteiger partial charge in [0.15, 0.2) is 5.13 Å². The first-order valence-electron chi connectivity index (χ1n) is 13.2. The minimum Gasteiger partial charge on any atom is -0.462 e. The number of aryl methyl sites for hydroxylation is 1. The fourth-order valence-corrected chi connectivity index (χ4v) is 5.96. The summed E-state index contributed by atoms with van der Waals surface area (Å²) in [4.78, 5) is 31.1. The highest BCUT2D eigenvalue weighted by Gasteiger charge is 2.35. The molecule has 39 heavy (non-hydrogen) atoms. The van der Waals surface area contributed by atoms with Gasteiger partial charge in [-0.05, 0) is 57.2 Å². The number of ether oxygens (including phenoxy) is 1. The third-order valence-electron chi connectivity index (χ3n) is 7.26. The highest BCUT2D eigenvalue weighted by Crippen LogP contribution is 2.36. The topological polar surface area (TPSA) is 124 Å². The number of thiazole rings is 1. The fourth-order valence-electron chi connectivity index (χ4n) is 4.98. The second kappa shape index (κ2) is 11.6. The second-order valence-corrected chi connectivity index (χ2v) is 11.4. The molecule has 1 aromatic carbocycles. The van der Waals surface area contributed by atoms with Crippen LogP contribution in [0.25, 0.3) is 0 Å². The summed E-state index contributed by atoms with van der Waals surface area (Å²) in [5, 5.41) is 25.7. The van der Waals surface area contributed by atoms with Crippen molar-refractivity contribution in [1.29, 1.82) is 0 Å². The summed E-state index contributed by atoms with van der Waals surface area (Å²) < 4.78 is 5.14. The lowest BCUT2D eigenvalue weighted by atomic mass is 9.84. The Balaban J connectivity index is 1.39. The zero-order valence-electron chi connectivity index (χ0n) is 22.1. The molecule has 0 saturated carbocycles. The molecular weight excluding hydrogens is 540 g/mol. The van der Waals surface area contributed by atoms with E-state index in [9.17, 15) is 15.0 Å². The van der Waals surface area contributed by atoms with E-state index in [-0.39, 0.29) is 6.10 Å². The lowest BCUT2D eigenvalue weighted by molar-refractivity contribution is 0.0116. The molecule has 4 heterocycles. The number of halogens is 1. The van der Waals surface area contributed by atoms with E-state index in [1.54, 1.807) is 26.0 Å². The molecule has 2 aliphatic heterocycles. The molecule has 0 spiro atoms. The number of aliphatic hydroxyl groups excluding tert-OH is 1. The highest BCUT2D eigenvalue weighted by molar-refractivity contribution is 7.17. The van der Waals surface area contributed by atoms with Crippen molar-refractivity contribution in [2.75, 3.05) is 47.9 Å². The number of carbonyl (C=O) groups is 1. The number of aromatic nitrogens is 3. The van der Waals surface area contributed by atoms with Crippen LogP contribution in [0.5, 0.6) is 0 Å². The van der Waals surface area contributed by atoms with Crippen LogP contribution in [0.15, 0.2) is 30.3 Å². The van der Waals surface area contributed by atoms with Gasteiger partial charge in [-0.25, -0.2) is 9.78 Å². The predicted molar refractivity (Wildman–Crippen MR) is 152 cm³/mol. The number of hydrogen-bond donors (Lipinski definition) is 3. The number of esters is 1. The summed E-state index contributed by atoms with van der Waals surface area (Å²) >= 11 is 7.25. The lowest BCUT2D eigenvalue weighted by Gasteiger charge is -2.39. The van der Waals surface area contributed by atoms with E-state index in [1.165, 1.54) is 11.3 Å². The van der Waals surface area contributed by atoms with Crippen LogP contribution >= 0.6 is 22.9 Å². The van der Waals surface area contributed by atoms with Gasteiger partial charge in [-0.15, -0.1) is 0 Å². The van der Waals surface area contributed by atoms with Crippen molar-refractivity contribution in [2.45, 2.75) is 51.2 Å². The zero-order chi connectivity index (χ0) is 27.6. The van der Waals surface area contributed by atoms with E-state index in [0.29, 0.717) is 85.1 Å². The third-order valence-corrected chi connectivity index (χ3v) is 8.56. The van der Waals surface area contributed by atoms with E-state index < -0.39 is 11.6 Å². The Kier molecular flexibility index (Phi) is 8.22. The molecule has 0 atom stereocenters. The Labute approximate surface area is 236 Å². The van der Waals surface area contributed by atoms with Gasteiger partial charge in [0.1, 0.15) is 16.5 Å². The average molecular weight is 573 g/mol. The van der Waals surface area contributed by atoms with Crippen molar-refractivity contribution in [1.82, 2.24) is 15.0 Å². The molecule has 0 bridgehead atoms. The first kappa shape index (κ1) is 27.6. The Bertz CT molecular complexity index is 1300. The summed E-state index contributed by atoms with van der Waals surface area (Å²) in [6, 6.07) is 9.34. The fraction of sp³-hybridized carbons (Fsp3) is 0.481. The standard InChI is InChI=1S/C27H33ClN6O4S/c1-3-38-24(36)23-17(2)29-26(39-23)32-25-30-21(33-12-8-20(35)9-13-33)16-22(31-25)34-14-10-27(37,11-15-34)18-4-6-19(28)7-5-18/h4-7,16,20,35,37H,3,8-15H2,1-2H3,(H,29,30,31,32). The van der Waals surface area contributed by atoms with Gasteiger partial charge >= 0.3 is 5.97 Å². The van der Waals surface area contributed by atoms with Crippen molar-refractivity contribution in [3.63, 3.8) is 0 Å². The molecule has 0 unspecified atom stereocenters. The number of piperidine rings is 2. The number of anilines is 4. The number of benzene rings is 1. The molecule has 208 valence electrons. The summed E-state index contributed by atoms with van der Waals surface area (Å²) in [6.07, 6.45) is 2.14. The average Bonchev–Trinajstić information content (AvgIpc) is 3.29. The van der Waals surface area contributed by atoms with Crippen molar-refractivity contribution < 1.29 is 19.7 Å². The number of nitrogens with zero attached hydrogens (tertiary/aromatic N) is 5. The van der Waals surface area contributed by atoms with Crippen LogP contribution in [-0.2, 0) is 10.3 Å². The largest absolute Gasteiger partial charge is 0.462 e. The van der Waals surface area contributed by atoms with Gasteiger partial charge in [0.2, 0.25) is 5.95 Å². The predicted octanol–water partition coefficient (Wildman–Crippen LogP) is 4.26. The van der Waals surface area contributed by atoms with Crippen molar-refractivity contribution in [3.8, 4) is 0 Å². The molecule has 5 rings (SSSR count). The van der Waals surface area contributed by atoms with Gasteiger partial charge in [-0.1, -0.05) is 35.1 Å². The first-order valence-corrected chi connectivity index (χ1v) is 14.4. The molecule has 2 aromatic heterocycles. The molecule has 2 fully saturated rings. The van der Waals surface area contributed by atoms with Crippen LogP contribution in [0.4, 0.5) is 22.7 Å². The van der Waals surface area contributed by atoms with Crippen LogP contribution in [0, 0.1) is 6.92 Å². The van der Waals surface area contributed by atoms with Crippen LogP contribution in [0.3, 0.4) is 0 Å². The maximum Gasteiger partial charge on any atom is 0.350 e. The van der Waals surface area contributed by atoms with E-state index in [2.05, 4.69) is 20.1 Å². The van der Waals surface area contributed by atoms with Crippen LogP contribution in [-0.4, -0.2) is 70.0 Å². The van der Waals surface area contributed by atoms with Crippen LogP contribution in [0.2, 0.25) is 5.02 Å². The molecule has 3 N–H and O–H groups in total. The summed E-state index contributed by atoms with van der Waals surface area (Å²) in [5.74, 6) is 1.47. The number of rotatable bonds is 7. The Hall–Kier alpha value is -2.99. The van der Waals surface area contributed by atoms with E-state index >= 15 is 0 Å². The number of carbonyl (C=O) groups excluding carboxylic acids is 1. The van der Waals surface area contributed by atoms with Gasteiger partial charge in [-0.3, -0.25) is 5.32 Å². The van der Waals surface area contributed by atoms with Gasteiger partial charge < -0.3 is 24.7 Å². The normalized spacial score (nSPS) is 17.8. The van der Waals surface area contributed by atoms with Gasteiger partial charge in [0.05, 0.1) is 24.0 Å². The van der Waals surface area contributed by atoms with Crippen LogP contribution < -0.4 is 15.1 Å². The first-order chi connectivity index (χ1) is 18.7. The highest BCUT2D eigenvalue weighted by atomic mass is 35.5. The molecule has 0 radical (unpaired) electrons. The Morgan fingerprint density at radius 3 is 2.33 bits per heavy atom. The smallest absolute Gasteiger partial charge is 0.350 e. The van der Waals surface area contributed by atoms with Crippen molar-refractivity contribution in [3.05, 3.63) is 51.5 Å². The molecule has 0 amide bonds. The quantitative estimate of drug-likeness (QED) is 0.354. The van der Waals surface area contributed by atoms with E-state index in [1.807, 2.05) is 18.2 Å². The molecule has 2 aliphatic rings. The molecular formula is C27H33ClN6O4S. The van der Waals surface area contributed by atoms with Gasteiger partial charge in [0, 0.05) is 37.3 Å². The second-order valence-electron chi connectivity index (χ2n) is 9.93. The SMILES string of the molecule is CCOC(=O)c1sc(Nc2nc(N3CCC(O)CC3)cc(N3CCC(O)(c4ccc(Cl)cc4)CC3)n2)nc1C. The van der Waals surface area contributed by atoms with Crippen LogP contribution in [0.1, 0.15) is 53.5 Å².